The van der Waals surface area contributed by atoms with Gasteiger partial charge in [0.15, 0.2) is 0 Å². The van der Waals surface area contributed by atoms with Gasteiger partial charge in [-0.3, -0.25) is 4.90 Å². The molecule has 1 saturated heterocycles. The summed E-state index contributed by atoms with van der Waals surface area (Å²) in [7, 11) is 0. The minimum Gasteiger partial charge on any atom is -0.507 e. The number of hydrogen-bond donors (Lipinski definition) is 2. The van der Waals surface area contributed by atoms with Gasteiger partial charge < -0.3 is 15.6 Å². The van der Waals surface area contributed by atoms with E-state index in [0.717, 1.165) is 30.8 Å². The summed E-state index contributed by atoms with van der Waals surface area (Å²) in [5.74, 6) is 0.427. The van der Waals surface area contributed by atoms with Crippen LogP contribution in [0.5, 0.6) is 5.75 Å². The summed E-state index contributed by atoms with van der Waals surface area (Å²) in [5.41, 5.74) is 7.60. The van der Waals surface area contributed by atoms with E-state index in [9.17, 15) is 5.11 Å². The molecular weight excluding hydrogens is 252 g/mol. The van der Waals surface area contributed by atoms with E-state index in [0.29, 0.717) is 18.9 Å². The van der Waals surface area contributed by atoms with Crippen LogP contribution in [0.4, 0.5) is 0 Å². The third-order valence-electron chi connectivity index (χ3n) is 3.81. The molecule has 3 N–H and O–H groups in total. The molecule has 0 aromatic heterocycles. The largest absolute Gasteiger partial charge is 0.507 e. The van der Waals surface area contributed by atoms with E-state index in [4.69, 9.17) is 10.5 Å². The van der Waals surface area contributed by atoms with E-state index in [1.54, 1.807) is 0 Å². The van der Waals surface area contributed by atoms with Crippen LogP contribution < -0.4 is 5.73 Å². The molecule has 1 atom stereocenters. The molecule has 112 valence electrons. The topological polar surface area (TPSA) is 58.7 Å². The molecule has 20 heavy (non-hydrogen) atoms. The molecule has 0 radical (unpaired) electrons. The smallest absolute Gasteiger partial charge is 0.123 e. The Morgan fingerprint density at radius 2 is 2.15 bits per heavy atom. The molecule has 4 heteroatoms. The van der Waals surface area contributed by atoms with Gasteiger partial charge in [-0.1, -0.05) is 39.0 Å². The first-order valence-electron chi connectivity index (χ1n) is 7.27. The lowest BCUT2D eigenvalue weighted by atomic mass is 9.85. The van der Waals surface area contributed by atoms with Crippen LogP contribution in [0.3, 0.4) is 0 Å². The zero-order valence-electron chi connectivity index (χ0n) is 12.7. The predicted molar refractivity (Wildman–Crippen MR) is 80.9 cm³/mol. The van der Waals surface area contributed by atoms with Gasteiger partial charge in [0.25, 0.3) is 0 Å². The molecule has 1 aliphatic rings. The second-order valence-corrected chi connectivity index (χ2v) is 6.53. The molecular formula is C16H26N2O2. The average Bonchev–Trinajstić information content (AvgIpc) is 2.40. The molecule has 1 aliphatic heterocycles. The number of phenolic OH excluding ortho intramolecular Hbond substituents is 1. The summed E-state index contributed by atoms with van der Waals surface area (Å²) < 4.78 is 5.57. The Kier molecular flexibility index (Phi) is 4.68. The van der Waals surface area contributed by atoms with Crippen LogP contribution in [0.2, 0.25) is 0 Å². The summed E-state index contributed by atoms with van der Waals surface area (Å²) in [6, 6.07) is 6.02. The van der Waals surface area contributed by atoms with Crippen LogP contribution in [0.15, 0.2) is 18.2 Å². The fourth-order valence-corrected chi connectivity index (χ4v) is 2.63. The van der Waals surface area contributed by atoms with Crippen molar-refractivity contribution in [2.24, 2.45) is 5.73 Å². The molecule has 1 aromatic carbocycles. The van der Waals surface area contributed by atoms with Gasteiger partial charge in [0.05, 0.1) is 12.7 Å². The van der Waals surface area contributed by atoms with Crippen molar-refractivity contribution >= 4 is 0 Å². The standard InChI is InChI=1S/C16H26N2O2/c1-16(2,3)14-6-4-5-12(15(14)19)10-18-7-8-20-13(9-17)11-18/h4-6,13,19H,7-11,17H2,1-3H3. The monoisotopic (exact) mass is 278 g/mol. The molecule has 2 rings (SSSR count). The van der Waals surface area contributed by atoms with Crippen molar-refractivity contribution < 1.29 is 9.84 Å². The summed E-state index contributed by atoms with van der Waals surface area (Å²) in [6.45, 7) is 10.1. The summed E-state index contributed by atoms with van der Waals surface area (Å²) in [6.07, 6.45) is 0.108. The summed E-state index contributed by atoms with van der Waals surface area (Å²) >= 11 is 0. The lowest BCUT2D eigenvalue weighted by molar-refractivity contribution is -0.0262. The number of aromatic hydroxyl groups is 1. The van der Waals surface area contributed by atoms with Gasteiger partial charge in [-0.25, -0.2) is 0 Å². The van der Waals surface area contributed by atoms with Crippen molar-refractivity contribution in [3.05, 3.63) is 29.3 Å². The van der Waals surface area contributed by atoms with Crippen molar-refractivity contribution in [2.45, 2.75) is 38.8 Å². The van der Waals surface area contributed by atoms with Crippen molar-refractivity contribution in [3.8, 4) is 5.75 Å². The van der Waals surface area contributed by atoms with Gasteiger partial charge in [0.1, 0.15) is 5.75 Å². The normalized spacial score (nSPS) is 21.1. The Labute approximate surface area is 121 Å². The molecule has 0 bridgehead atoms. The maximum absolute atomic E-state index is 10.5. The highest BCUT2D eigenvalue weighted by Gasteiger charge is 2.23. The first-order valence-corrected chi connectivity index (χ1v) is 7.27. The number of nitrogens with zero attached hydrogens (tertiary/aromatic N) is 1. The summed E-state index contributed by atoms with van der Waals surface area (Å²) in [4.78, 5) is 2.29. The second-order valence-electron chi connectivity index (χ2n) is 6.53. The predicted octanol–water partition coefficient (Wildman–Crippen LogP) is 1.85. The van der Waals surface area contributed by atoms with Crippen LogP contribution in [0, 0.1) is 0 Å². The third kappa shape index (κ3) is 3.51. The van der Waals surface area contributed by atoms with E-state index in [1.807, 2.05) is 18.2 Å². The zero-order valence-corrected chi connectivity index (χ0v) is 12.7. The van der Waals surface area contributed by atoms with Crippen LogP contribution in [0.1, 0.15) is 31.9 Å². The second kappa shape index (κ2) is 6.12. The van der Waals surface area contributed by atoms with Gasteiger partial charge >= 0.3 is 0 Å². The van der Waals surface area contributed by atoms with Crippen LogP contribution in [-0.4, -0.2) is 42.4 Å². The van der Waals surface area contributed by atoms with Gasteiger partial charge in [-0.2, -0.15) is 0 Å². The first kappa shape index (κ1) is 15.3. The number of para-hydroxylation sites is 1. The minimum absolute atomic E-state index is 0.0507. The molecule has 0 spiro atoms. The number of rotatable bonds is 3. The number of phenols is 1. The molecule has 1 fully saturated rings. The maximum Gasteiger partial charge on any atom is 0.123 e. The van der Waals surface area contributed by atoms with Crippen molar-refractivity contribution in [3.63, 3.8) is 0 Å². The number of morpholine rings is 1. The van der Waals surface area contributed by atoms with Gasteiger partial charge in [0.2, 0.25) is 0 Å². The molecule has 1 unspecified atom stereocenters. The Hall–Kier alpha value is -1.10. The van der Waals surface area contributed by atoms with Gasteiger partial charge in [0, 0.05) is 31.7 Å². The zero-order chi connectivity index (χ0) is 14.8. The quantitative estimate of drug-likeness (QED) is 0.886. The van der Waals surface area contributed by atoms with E-state index in [1.165, 1.54) is 0 Å². The van der Waals surface area contributed by atoms with Crippen LogP contribution in [-0.2, 0) is 16.7 Å². The van der Waals surface area contributed by atoms with E-state index in [-0.39, 0.29) is 11.5 Å². The highest BCUT2D eigenvalue weighted by Crippen LogP contribution is 2.33. The molecule has 0 aliphatic carbocycles. The van der Waals surface area contributed by atoms with Gasteiger partial charge in [-0.15, -0.1) is 0 Å². The molecule has 0 amide bonds. The number of ether oxygens (including phenoxy) is 1. The van der Waals surface area contributed by atoms with E-state index >= 15 is 0 Å². The number of nitrogens with two attached hydrogens (primary N) is 1. The Morgan fingerprint density at radius 1 is 1.40 bits per heavy atom. The van der Waals surface area contributed by atoms with Crippen LogP contribution in [0.25, 0.3) is 0 Å². The molecule has 0 saturated carbocycles. The highest BCUT2D eigenvalue weighted by atomic mass is 16.5. The molecule has 1 aromatic rings. The van der Waals surface area contributed by atoms with E-state index in [2.05, 4.69) is 25.7 Å². The van der Waals surface area contributed by atoms with Crippen molar-refractivity contribution in [2.75, 3.05) is 26.2 Å². The third-order valence-corrected chi connectivity index (χ3v) is 3.81. The Bertz CT molecular complexity index is 454. The average molecular weight is 278 g/mol. The molecule has 1 heterocycles. The number of benzene rings is 1. The van der Waals surface area contributed by atoms with Crippen molar-refractivity contribution in [1.29, 1.82) is 0 Å². The highest BCUT2D eigenvalue weighted by molar-refractivity contribution is 5.43. The first-order chi connectivity index (χ1) is 9.41. The summed E-state index contributed by atoms with van der Waals surface area (Å²) in [5, 5.41) is 10.5. The van der Waals surface area contributed by atoms with Crippen molar-refractivity contribution in [1.82, 2.24) is 4.90 Å². The fraction of sp³-hybridized carbons (Fsp3) is 0.625. The minimum atomic E-state index is -0.0507. The lowest BCUT2D eigenvalue weighted by Crippen LogP contribution is -2.45. The SMILES string of the molecule is CC(C)(C)c1cccc(CN2CCOC(CN)C2)c1O. The fourth-order valence-electron chi connectivity index (χ4n) is 2.63. The van der Waals surface area contributed by atoms with Gasteiger partial charge in [-0.05, 0) is 11.0 Å². The van der Waals surface area contributed by atoms with Crippen LogP contribution >= 0.6 is 0 Å². The Morgan fingerprint density at radius 3 is 2.80 bits per heavy atom. The Balaban J connectivity index is 2.14. The van der Waals surface area contributed by atoms with E-state index < -0.39 is 0 Å². The molecule has 4 nitrogen and oxygen atoms in total. The maximum atomic E-state index is 10.5. The lowest BCUT2D eigenvalue weighted by Gasteiger charge is -2.33. The number of hydrogen-bond acceptors (Lipinski definition) is 4.